The van der Waals surface area contributed by atoms with Crippen molar-refractivity contribution >= 4 is 17.9 Å². The van der Waals surface area contributed by atoms with E-state index in [-0.39, 0.29) is 18.4 Å². The lowest BCUT2D eigenvalue weighted by molar-refractivity contribution is -0.116. The van der Waals surface area contributed by atoms with Crippen LogP contribution in [0.5, 0.6) is 0 Å². The maximum atomic E-state index is 11.4. The van der Waals surface area contributed by atoms with E-state index < -0.39 is 0 Å². The molecular weight excluding hydrogens is 198 g/mol. The van der Waals surface area contributed by atoms with Gasteiger partial charge in [-0.3, -0.25) is 4.79 Å². The first-order chi connectivity index (χ1) is 7.24. The molecule has 7 nitrogen and oxygen atoms in total. The first kappa shape index (κ1) is 9.50. The predicted molar refractivity (Wildman–Crippen MR) is 51.6 cm³/mol. The summed E-state index contributed by atoms with van der Waals surface area (Å²) in [5.41, 5.74) is 0. The molecule has 1 aliphatic heterocycles. The monoisotopic (exact) mass is 207 g/mol. The number of nitrogens with one attached hydrogen (secondary N) is 1. The maximum Gasteiger partial charge on any atom is 0.228 e. The van der Waals surface area contributed by atoms with Crippen LogP contribution in [0.2, 0.25) is 0 Å². The molecule has 1 aliphatic rings. The van der Waals surface area contributed by atoms with Crippen LogP contribution in [0.3, 0.4) is 0 Å². The van der Waals surface area contributed by atoms with Crippen molar-refractivity contribution in [3.63, 3.8) is 0 Å². The van der Waals surface area contributed by atoms with E-state index in [0.717, 1.165) is 0 Å². The largest absolute Gasteiger partial charge is 0.360 e. The lowest BCUT2D eigenvalue weighted by Gasteiger charge is -2.01. The van der Waals surface area contributed by atoms with Gasteiger partial charge in [0.2, 0.25) is 5.91 Å². The van der Waals surface area contributed by atoms with Crippen molar-refractivity contribution in [1.29, 1.82) is 0 Å². The Kier molecular flexibility index (Phi) is 2.53. The van der Waals surface area contributed by atoms with Gasteiger partial charge in [-0.2, -0.15) is 5.11 Å². The van der Waals surface area contributed by atoms with E-state index in [1.165, 1.54) is 6.21 Å². The normalized spacial score (nSPS) is 18.3. The minimum atomic E-state index is -0.266. The zero-order valence-corrected chi connectivity index (χ0v) is 8.04. The molecule has 0 saturated heterocycles. The number of hydrogen-bond acceptors (Lipinski definition) is 6. The van der Waals surface area contributed by atoms with Gasteiger partial charge in [-0.1, -0.05) is 5.16 Å². The van der Waals surface area contributed by atoms with Gasteiger partial charge in [-0.25, -0.2) is 0 Å². The van der Waals surface area contributed by atoms with Crippen molar-refractivity contribution in [3.8, 4) is 0 Å². The summed E-state index contributed by atoms with van der Waals surface area (Å²) in [4.78, 5) is 11.4. The fourth-order valence-electron chi connectivity index (χ4n) is 1.14. The van der Waals surface area contributed by atoms with Gasteiger partial charge in [-0.05, 0) is 12.1 Å². The zero-order valence-electron chi connectivity index (χ0n) is 8.04. The Hall–Kier alpha value is -2.05. The number of carbonyl (C=O) groups excluding carboxylic acids is 1. The Labute approximate surface area is 85.2 Å². The Bertz CT molecular complexity index is 410. The molecule has 0 unspecified atom stereocenters. The molecule has 2 rings (SSSR count). The van der Waals surface area contributed by atoms with Gasteiger partial charge in [-0.15, -0.1) is 5.10 Å². The number of anilines is 1. The summed E-state index contributed by atoms with van der Waals surface area (Å²) in [5.74, 6) is 0.859. The third-order valence-corrected chi connectivity index (χ3v) is 1.78. The summed E-state index contributed by atoms with van der Waals surface area (Å²) in [5, 5.41) is 16.9. The molecule has 1 N–H and O–H groups in total. The Morgan fingerprint density at radius 2 is 2.53 bits per heavy atom. The second-order valence-corrected chi connectivity index (χ2v) is 3.11. The lowest BCUT2D eigenvalue weighted by Crippen LogP contribution is -2.18. The summed E-state index contributed by atoms with van der Waals surface area (Å²) in [6, 6.07) is 1.38. The van der Waals surface area contributed by atoms with Crippen molar-refractivity contribution in [2.45, 2.75) is 19.4 Å². The first-order valence-electron chi connectivity index (χ1n) is 4.40. The number of amides is 1. The topological polar surface area (TPSA) is 92.2 Å². The SMILES string of the molecule is Cc1cc(NC(=O)C[C@@H]2C=NN=N2)no1. The molecule has 7 heteroatoms. The average Bonchev–Trinajstić information content (AvgIpc) is 2.77. The van der Waals surface area contributed by atoms with Crippen LogP contribution in [-0.2, 0) is 4.79 Å². The van der Waals surface area contributed by atoms with Crippen LogP contribution in [0.15, 0.2) is 26.0 Å². The van der Waals surface area contributed by atoms with Crippen LogP contribution in [-0.4, -0.2) is 23.3 Å². The first-order valence-corrected chi connectivity index (χ1v) is 4.40. The van der Waals surface area contributed by atoms with Gasteiger partial charge in [0, 0.05) is 6.07 Å². The highest BCUT2D eigenvalue weighted by Gasteiger charge is 2.14. The smallest absolute Gasteiger partial charge is 0.228 e. The molecule has 78 valence electrons. The van der Waals surface area contributed by atoms with E-state index in [1.807, 2.05) is 0 Å². The van der Waals surface area contributed by atoms with Crippen molar-refractivity contribution in [2.75, 3.05) is 5.32 Å². The second-order valence-electron chi connectivity index (χ2n) is 3.11. The molecular formula is C8H9N5O2. The molecule has 1 amide bonds. The molecule has 0 aromatic carbocycles. The van der Waals surface area contributed by atoms with E-state index in [0.29, 0.717) is 11.6 Å². The van der Waals surface area contributed by atoms with Crippen molar-refractivity contribution in [1.82, 2.24) is 5.16 Å². The standard InChI is InChI=1S/C8H9N5O2/c1-5-2-7(12-15-5)10-8(14)3-6-4-9-13-11-6/h2,4,6H,3H2,1H3,(H,10,12,14)/t6-/m1/s1. The van der Waals surface area contributed by atoms with E-state index in [2.05, 4.69) is 25.9 Å². The molecule has 0 spiro atoms. The van der Waals surface area contributed by atoms with Crippen LogP contribution in [0.25, 0.3) is 0 Å². The van der Waals surface area contributed by atoms with E-state index >= 15 is 0 Å². The fraction of sp³-hybridized carbons (Fsp3) is 0.375. The summed E-state index contributed by atoms with van der Waals surface area (Å²) >= 11 is 0. The summed E-state index contributed by atoms with van der Waals surface area (Å²) in [6.07, 6.45) is 1.73. The molecule has 2 heterocycles. The van der Waals surface area contributed by atoms with E-state index in [1.54, 1.807) is 13.0 Å². The van der Waals surface area contributed by atoms with Crippen molar-refractivity contribution < 1.29 is 9.32 Å². The Morgan fingerprint density at radius 1 is 1.67 bits per heavy atom. The number of hydrogen-bond donors (Lipinski definition) is 1. The number of nitrogens with zero attached hydrogens (tertiary/aromatic N) is 4. The van der Waals surface area contributed by atoms with Gasteiger partial charge in [0.1, 0.15) is 11.8 Å². The van der Waals surface area contributed by atoms with Gasteiger partial charge in [0.15, 0.2) is 5.82 Å². The average molecular weight is 207 g/mol. The molecule has 1 atom stereocenters. The quantitative estimate of drug-likeness (QED) is 0.805. The zero-order chi connectivity index (χ0) is 10.7. The molecule has 0 aliphatic carbocycles. The number of rotatable bonds is 3. The predicted octanol–water partition coefficient (Wildman–Crippen LogP) is 1.13. The van der Waals surface area contributed by atoms with Gasteiger partial charge in [0.25, 0.3) is 0 Å². The minimum Gasteiger partial charge on any atom is -0.360 e. The van der Waals surface area contributed by atoms with E-state index in [4.69, 9.17) is 4.52 Å². The molecule has 0 saturated carbocycles. The molecule has 0 bridgehead atoms. The van der Waals surface area contributed by atoms with Gasteiger partial charge in [0.05, 0.1) is 12.6 Å². The second kappa shape index (κ2) is 3.99. The molecule has 0 fully saturated rings. The number of aromatic nitrogens is 1. The van der Waals surface area contributed by atoms with Gasteiger partial charge < -0.3 is 9.84 Å². The Morgan fingerprint density at radius 3 is 3.13 bits per heavy atom. The number of carbonyl (C=O) groups is 1. The molecule has 0 radical (unpaired) electrons. The molecule has 15 heavy (non-hydrogen) atoms. The Balaban J connectivity index is 1.87. The lowest BCUT2D eigenvalue weighted by atomic mass is 10.2. The van der Waals surface area contributed by atoms with Crippen molar-refractivity contribution in [2.24, 2.45) is 15.4 Å². The highest BCUT2D eigenvalue weighted by molar-refractivity contribution is 5.92. The van der Waals surface area contributed by atoms with Crippen LogP contribution >= 0.6 is 0 Å². The van der Waals surface area contributed by atoms with Crippen LogP contribution in [0, 0.1) is 6.92 Å². The third kappa shape index (κ3) is 2.46. The number of aryl methyl sites for hydroxylation is 1. The maximum absolute atomic E-state index is 11.4. The highest BCUT2D eigenvalue weighted by atomic mass is 16.5. The van der Waals surface area contributed by atoms with Crippen LogP contribution in [0.4, 0.5) is 5.82 Å². The highest BCUT2D eigenvalue weighted by Crippen LogP contribution is 2.09. The third-order valence-electron chi connectivity index (χ3n) is 1.78. The summed E-state index contributed by atoms with van der Waals surface area (Å²) in [6.45, 7) is 1.75. The minimum absolute atomic E-state index is 0.194. The van der Waals surface area contributed by atoms with Crippen molar-refractivity contribution in [3.05, 3.63) is 11.8 Å². The molecule has 1 aromatic heterocycles. The molecule has 1 aromatic rings. The summed E-state index contributed by atoms with van der Waals surface area (Å²) in [7, 11) is 0. The van der Waals surface area contributed by atoms with Gasteiger partial charge >= 0.3 is 0 Å². The van der Waals surface area contributed by atoms with Crippen LogP contribution in [0.1, 0.15) is 12.2 Å². The van der Waals surface area contributed by atoms with Crippen LogP contribution < -0.4 is 5.32 Å². The fourth-order valence-corrected chi connectivity index (χ4v) is 1.14. The van der Waals surface area contributed by atoms with E-state index in [9.17, 15) is 4.79 Å². The summed E-state index contributed by atoms with van der Waals surface area (Å²) < 4.78 is 4.80.